The van der Waals surface area contributed by atoms with Crippen LogP contribution in [0.1, 0.15) is 56.6 Å². The molecule has 1 saturated heterocycles. The highest BCUT2D eigenvalue weighted by Crippen LogP contribution is 2.30. The lowest BCUT2D eigenvalue weighted by molar-refractivity contribution is 0.364. The van der Waals surface area contributed by atoms with E-state index in [0.717, 1.165) is 24.6 Å². The first-order valence-electron chi connectivity index (χ1n) is 8.16. The van der Waals surface area contributed by atoms with Crippen LogP contribution in [0.15, 0.2) is 18.2 Å². The summed E-state index contributed by atoms with van der Waals surface area (Å²) in [6, 6.07) is 6.81. The molecule has 1 aliphatic rings. The normalized spacial score (nSPS) is 19.3. The van der Waals surface area contributed by atoms with Gasteiger partial charge in [0.05, 0.1) is 7.11 Å². The fraction of sp³-hybridized carbons (Fsp3) is 0.667. The van der Waals surface area contributed by atoms with Crippen LogP contribution in [0.2, 0.25) is 0 Å². The van der Waals surface area contributed by atoms with Crippen molar-refractivity contribution in [3.63, 3.8) is 0 Å². The number of methoxy groups -OCH3 is 1. The molecule has 1 aromatic carbocycles. The van der Waals surface area contributed by atoms with Gasteiger partial charge in [-0.3, -0.25) is 0 Å². The smallest absolute Gasteiger partial charge is 0.122 e. The van der Waals surface area contributed by atoms with Gasteiger partial charge in [0.15, 0.2) is 0 Å². The summed E-state index contributed by atoms with van der Waals surface area (Å²) in [5.74, 6) is 2.50. The first-order chi connectivity index (χ1) is 9.78. The minimum atomic E-state index is 0.684. The number of ether oxygens (including phenoxy) is 1. The Kier molecular flexibility index (Phi) is 5.90. The molecule has 0 saturated carbocycles. The zero-order valence-electron chi connectivity index (χ0n) is 13.2. The Morgan fingerprint density at radius 2 is 2.10 bits per heavy atom. The van der Waals surface area contributed by atoms with E-state index in [9.17, 15) is 0 Å². The summed E-state index contributed by atoms with van der Waals surface area (Å²) >= 11 is 0. The van der Waals surface area contributed by atoms with Crippen molar-refractivity contribution in [3.05, 3.63) is 29.3 Å². The van der Waals surface area contributed by atoms with Gasteiger partial charge < -0.3 is 10.1 Å². The highest BCUT2D eigenvalue weighted by atomic mass is 16.5. The van der Waals surface area contributed by atoms with E-state index in [4.69, 9.17) is 4.74 Å². The van der Waals surface area contributed by atoms with Crippen molar-refractivity contribution < 1.29 is 4.74 Å². The van der Waals surface area contributed by atoms with Crippen LogP contribution in [0.5, 0.6) is 5.75 Å². The predicted octanol–water partition coefficient (Wildman–Crippen LogP) is 4.14. The molecule has 0 bridgehead atoms. The largest absolute Gasteiger partial charge is 0.496 e. The van der Waals surface area contributed by atoms with Gasteiger partial charge in [-0.25, -0.2) is 0 Å². The minimum Gasteiger partial charge on any atom is -0.496 e. The maximum absolute atomic E-state index is 5.57. The lowest BCUT2D eigenvalue weighted by Gasteiger charge is -2.24. The second-order valence-corrected chi connectivity index (χ2v) is 6.00. The van der Waals surface area contributed by atoms with Crippen molar-refractivity contribution in [2.45, 2.75) is 51.9 Å². The van der Waals surface area contributed by atoms with Crippen LogP contribution in [0.25, 0.3) is 0 Å². The zero-order chi connectivity index (χ0) is 14.4. The SMILES string of the molecule is CCC(CC)c1ccc(OC)c(CC2CCCNC2)c1. The van der Waals surface area contributed by atoms with Crippen molar-refractivity contribution >= 4 is 0 Å². The van der Waals surface area contributed by atoms with Gasteiger partial charge in [0.25, 0.3) is 0 Å². The van der Waals surface area contributed by atoms with Gasteiger partial charge in [-0.05, 0) is 74.2 Å². The number of rotatable bonds is 6. The van der Waals surface area contributed by atoms with Gasteiger partial charge in [-0.1, -0.05) is 26.0 Å². The summed E-state index contributed by atoms with van der Waals surface area (Å²) in [6.07, 6.45) is 6.22. The Balaban J connectivity index is 2.17. The third kappa shape index (κ3) is 3.76. The predicted molar refractivity (Wildman–Crippen MR) is 85.6 cm³/mol. The highest BCUT2D eigenvalue weighted by Gasteiger charge is 2.17. The van der Waals surface area contributed by atoms with Crippen LogP contribution in [-0.4, -0.2) is 20.2 Å². The molecule has 0 spiro atoms. The molecule has 0 amide bonds. The minimum absolute atomic E-state index is 0.684. The molecule has 1 heterocycles. The van der Waals surface area contributed by atoms with Crippen LogP contribution in [-0.2, 0) is 6.42 Å². The molecule has 0 aromatic heterocycles. The first kappa shape index (κ1) is 15.4. The Morgan fingerprint density at radius 3 is 2.70 bits per heavy atom. The van der Waals surface area contributed by atoms with Crippen LogP contribution in [0, 0.1) is 5.92 Å². The van der Waals surface area contributed by atoms with E-state index in [2.05, 4.69) is 37.4 Å². The molecule has 1 fully saturated rings. The summed E-state index contributed by atoms with van der Waals surface area (Å²) in [5, 5.41) is 3.51. The zero-order valence-corrected chi connectivity index (χ0v) is 13.2. The average Bonchev–Trinajstić information content (AvgIpc) is 2.50. The molecule has 2 nitrogen and oxygen atoms in total. The molecule has 0 radical (unpaired) electrons. The Bertz CT molecular complexity index is 406. The molecule has 20 heavy (non-hydrogen) atoms. The van der Waals surface area contributed by atoms with Gasteiger partial charge in [-0.15, -0.1) is 0 Å². The molecular formula is C18H29NO. The van der Waals surface area contributed by atoms with E-state index in [0.29, 0.717) is 5.92 Å². The number of hydrogen-bond acceptors (Lipinski definition) is 2. The third-order valence-electron chi connectivity index (χ3n) is 4.67. The molecule has 1 atom stereocenters. The standard InChI is InChI=1S/C18H29NO/c1-4-15(5-2)16-8-9-18(20-3)17(12-16)11-14-7-6-10-19-13-14/h8-9,12,14-15,19H,4-7,10-11,13H2,1-3H3. The molecule has 1 N–H and O–H groups in total. The topological polar surface area (TPSA) is 21.3 Å². The average molecular weight is 275 g/mol. The summed E-state index contributed by atoms with van der Waals surface area (Å²) in [6.45, 7) is 6.89. The number of piperidine rings is 1. The number of nitrogens with one attached hydrogen (secondary N) is 1. The van der Waals surface area contributed by atoms with Gasteiger partial charge in [0.1, 0.15) is 5.75 Å². The van der Waals surface area contributed by atoms with Crippen molar-refractivity contribution in [2.24, 2.45) is 5.92 Å². The van der Waals surface area contributed by atoms with Gasteiger partial charge in [0, 0.05) is 0 Å². The van der Waals surface area contributed by atoms with E-state index >= 15 is 0 Å². The molecular weight excluding hydrogens is 246 g/mol. The van der Waals surface area contributed by atoms with E-state index in [1.807, 2.05) is 0 Å². The van der Waals surface area contributed by atoms with Crippen molar-refractivity contribution in [2.75, 3.05) is 20.2 Å². The Labute approximate surface area is 123 Å². The molecule has 1 unspecified atom stereocenters. The van der Waals surface area contributed by atoms with Crippen molar-refractivity contribution in [1.29, 1.82) is 0 Å². The monoisotopic (exact) mass is 275 g/mol. The van der Waals surface area contributed by atoms with E-state index in [1.54, 1.807) is 7.11 Å². The van der Waals surface area contributed by atoms with E-state index < -0.39 is 0 Å². The Hall–Kier alpha value is -1.02. The molecule has 112 valence electrons. The van der Waals surface area contributed by atoms with Crippen LogP contribution in [0.3, 0.4) is 0 Å². The maximum Gasteiger partial charge on any atom is 0.122 e. The second-order valence-electron chi connectivity index (χ2n) is 6.00. The lowest BCUT2D eigenvalue weighted by Crippen LogP contribution is -2.30. The fourth-order valence-electron chi connectivity index (χ4n) is 3.38. The fourth-order valence-corrected chi connectivity index (χ4v) is 3.38. The maximum atomic E-state index is 5.57. The Morgan fingerprint density at radius 1 is 1.30 bits per heavy atom. The van der Waals surface area contributed by atoms with Crippen LogP contribution in [0.4, 0.5) is 0 Å². The first-order valence-corrected chi connectivity index (χ1v) is 8.16. The van der Waals surface area contributed by atoms with Crippen molar-refractivity contribution in [1.82, 2.24) is 5.32 Å². The molecule has 0 aliphatic carbocycles. The van der Waals surface area contributed by atoms with Crippen LogP contribution >= 0.6 is 0 Å². The summed E-state index contributed by atoms with van der Waals surface area (Å²) in [4.78, 5) is 0. The van der Waals surface area contributed by atoms with Gasteiger partial charge in [0.2, 0.25) is 0 Å². The molecule has 1 aliphatic heterocycles. The quantitative estimate of drug-likeness (QED) is 0.842. The van der Waals surface area contributed by atoms with Crippen molar-refractivity contribution in [3.8, 4) is 5.75 Å². The number of hydrogen-bond donors (Lipinski definition) is 1. The second kappa shape index (κ2) is 7.68. The van der Waals surface area contributed by atoms with Gasteiger partial charge in [-0.2, -0.15) is 0 Å². The summed E-state index contributed by atoms with van der Waals surface area (Å²) in [5.41, 5.74) is 2.88. The van der Waals surface area contributed by atoms with E-state index in [-0.39, 0.29) is 0 Å². The summed E-state index contributed by atoms with van der Waals surface area (Å²) in [7, 11) is 1.79. The molecule has 2 heteroatoms. The van der Waals surface area contributed by atoms with Gasteiger partial charge >= 0.3 is 0 Å². The van der Waals surface area contributed by atoms with Crippen LogP contribution < -0.4 is 10.1 Å². The third-order valence-corrected chi connectivity index (χ3v) is 4.67. The molecule has 2 rings (SSSR count). The van der Waals surface area contributed by atoms with E-state index in [1.165, 1.54) is 43.4 Å². The highest BCUT2D eigenvalue weighted by molar-refractivity contribution is 5.39. The number of benzene rings is 1. The molecule has 1 aromatic rings. The summed E-state index contributed by atoms with van der Waals surface area (Å²) < 4.78 is 5.57. The lowest BCUT2D eigenvalue weighted by atomic mass is 9.88.